The Hall–Kier alpha value is -1.89. The first-order chi connectivity index (χ1) is 13.1. The Kier molecular flexibility index (Phi) is 4.97. The third-order valence-corrected chi connectivity index (χ3v) is 7.12. The summed E-state index contributed by atoms with van der Waals surface area (Å²) in [4.78, 5) is 29.5. The molecule has 1 aromatic heterocycles. The summed E-state index contributed by atoms with van der Waals surface area (Å²) in [5, 5.41) is 15.9. The summed E-state index contributed by atoms with van der Waals surface area (Å²) >= 11 is 0. The first-order valence-corrected chi connectivity index (χ1v) is 10.4. The van der Waals surface area contributed by atoms with Gasteiger partial charge in [0.1, 0.15) is 5.69 Å². The van der Waals surface area contributed by atoms with E-state index in [1.807, 2.05) is 0 Å². The fourth-order valence-electron chi connectivity index (χ4n) is 5.71. The highest BCUT2D eigenvalue weighted by atomic mass is 16.4. The van der Waals surface area contributed by atoms with Gasteiger partial charge in [0.05, 0.1) is 11.6 Å². The number of hydrogen-bond donors (Lipinski definition) is 2. The van der Waals surface area contributed by atoms with E-state index in [-0.39, 0.29) is 17.2 Å². The normalized spacial score (nSPS) is 31.2. The molecule has 148 valence electrons. The molecule has 7 nitrogen and oxygen atoms in total. The Morgan fingerprint density at radius 2 is 2.00 bits per heavy atom. The summed E-state index contributed by atoms with van der Waals surface area (Å²) in [6, 6.07) is 0.572. The lowest BCUT2D eigenvalue weighted by molar-refractivity contribution is -0.144. The molecule has 2 N–H and O–H groups in total. The van der Waals surface area contributed by atoms with Gasteiger partial charge in [0.15, 0.2) is 0 Å². The van der Waals surface area contributed by atoms with E-state index in [0.29, 0.717) is 24.1 Å². The molecule has 1 amide bonds. The zero-order valence-electron chi connectivity index (χ0n) is 16.1. The van der Waals surface area contributed by atoms with E-state index in [1.165, 1.54) is 12.8 Å². The van der Waals surface area contributed by atoms with Crippen molar-refractivity contribution in [2.75, 3.05) is 13.1 Å². The molecule has 27 heavy (non-hydrogen) atoms. The fraction of sp³-hybridized carbons (Fsp3) is 0.750. The number of aromatic nitrogens is 2. The molecule has 1 aromatic rings. The Balaban J connectivity index is 1.56. The monoisotopic (exact) mass is 374 g/mol. The van der Waals surface area contributed by atoms with Crippen LogP contribution in [0.15, 0.2) is 6.20 Å². The lowest BCUT2D eigenvalue weighted by Gasteiger charge is -2.39. The number of carbonyl (C=O) groups is 2. The first kappa shape index (κ1) is 18.5. The van der Waals surface area contributed by atoms with Crippen molar-refractivity contribution in [2.24, 2.45) is 5.41 Å². The lowest BCUT2D eigenvalue weighted by Crippen LogP contribution is -2.50. The molecule has 0 unspecified atom stereocenters. The summed E-state index contributed by atoms with van der Waals surface area (Å²) in [6.07, 6.45) is 10.2. The predicted molar refractivity (Wildman–Crippen MR) is 100 cm³/mol. The minimum absolute atomic E-state index is 0.169. The second-order valence-electron chi connectivity index (χ2n) is 8.41. The van der Waals surface area contributed by atoms with Gasteiger partial charge in [-0.25, -0.2) is 4.79 Å². The Morgan fingerprint density at radius 3 is 2.67 bits per heavy atom. The maximum atomic E-state index is 13.6. The number of fused-ring (bicyclic) bond motifs is 2. The number of aromatic carboxylic acids is 1. The molecule has 0 radical (unpaired) electrons. The van der Waals surface area contributed by atoms with Crippen molar-refractivity contribution in [3.05, 3.63) is 17.5 Å². The van der Waals surface area contributed by atoms with Crippen LogP contribution in [0.5, 0.6) is 0 Å². The maximum absolute atomic E-state index is 13.6. The third-order valence-electron chi connectivity index (χ3n) is 7.12. The average molecular weight is 374 g/mol. The minimum atomic E-state index is -0.976. The van der Waals surface area contributed by atoms with Gasteiger partial charge >= 0.3 is 5.97 Å². The van der Waals surface area contributed by atoms with Crippen LogP contribution in [0.4, 0.5) is 0 Å². The summed E-state index contributed by atoms with van der Waals surface area (Å²) < 4.78 is 0. The van der Waals surface area contributed by atoms with E-state index in [2.05, 4.69) is 26.9 Å². The van der Waals surface area contributed by atoms with Crippen LogP contribution in [0.25, 0.3) is 0 Å². The van der Waals surface area contributed by atoms with Crippen molar-refractivity contribution in [3.8, 4) is 0 Å². The van der Waals surface area contributed by atoms with Gasteiger partial charge in [-0.3, -0.25) is 14.8 Å². The predicted octanol–water partition coefficient (Wildman–Crippen LogP) is 2.64. The highest BCUT2D eigenvalue weighted by molar-refractivity contribution is 5.87. The van der Waals surface area contributed by atoms with Crippen molar-refractivity contribution in [2.45, 2.75) is 76.9 Å². The topological polar surface area (TPSA) is 89.5 Å². The van der Waals surface area contributed by atoms with Gasteiger partial charge < -0.3 is 10.0 Å². The number of carboxylic acids is 1. The number of carboxylic acid groups (broad SMARTS) is 1. The van der Waals surface area contributed by atoms with Gasteiger partial charge in [-0.1, -0.05) is 19.8 Å². The van der Waals surface area contributed by atoms with Crippen LogP contribution < -0.4 is 0 Å². The van der Waals surface area contributed by atoms with Crippen molar-refractivity contribution in [3.63, 3.8) is 0 Å². The number of nitrogens with one attached hydrogen (secondary N) is 1. The second kappa shape index (κ2) is 7.26. The molecule has 4 rings (SSSR count). The molecule has 3 fully saturated rings. The highest BCUT2D eigenvalue weighted by Crippen LogP contribution is 2.53. The largest absolute Gasteiger partial charge is 0.477 e. The standard InChI is InChI=1S/C20H30N4O3/c1-2-20(19(27)23-9-5-3-4-6-10-23)11-15-7-8-16(20)24(15)13-14-12-21-22-17(14)18(25)26/h12,15-16H,2-11,13H2,1H3,(H,21,22)(H,25,26)/t15-,16+,20+/m0/s1. The van der Waals surface area contributed by atoms with Crippen LogP contribution in [0, 0.1) is 5.41 Å². The Morgan fingerprint density at radius 1 is 1.26 bits per heavy atom. The number of rotatable bonds is 5. The summed E-state index contributed by atoms with van der Waals surface area (Å²) in [7, 11) is 0. The maximum Gasteiger partial charge on any atom is 0.354 e. The van der Waals surface area contributed by atoms with E-state index in [9.17, 15) is 14.7 Å². The van der Waals surface area contributed by atoms with Crippen molar-refractivity contribution >= 4 is 11.9 Å². The fourth-order valence-corrected chi connectivity index (χ4v) is 5.71. The Labute approximate surface area is 160 Å². The first-order valence-electron chi connectivity index (χ1n) is 10.4. The summed E-state index contributed by atoms with van der Waals surface area (Å²) in [6.45, 7) is 4.49. The second-order valence-corrected chi connectivity index (χ2v) is 8.41. The quantitative estimate of drug-likeness (QED) is 0.827. The number of aromatic amines is 1. The van der Waals surface area contributed by atoms with Crippen molar-refractivity contribution in [1.29, 1.82) is 0 Å². The van der Waals surface area contributed by atoms with Crippen molar-refractivity contribution in [1.82, 2.24) is 20.0 Å². The molecule has 4 heterocycles. The number of hydrogen-bond acceptors (Lipinski definition) is 4. The molecule has 3 atom stereocenters. The van der Waals surface area contributed by atoms with Gasteiger partial charge in [-0.05, 0) is 38.5 Å². The van der Waals surface area contributed by atoms with E-state index < -0.39 is 5.97 Å². The molecule has 3 aliphatic rings. The molecule has 0 aromatic carbocycles. The Bertz CT molecular complexity index is 710. The average Bonchev–Trinajstić information content (AvgIpc) is 3.29. The van der Waals surface area contributed by atoms with Crippen molar-refractivity contribution < 1.29 is 14.7 Å². The lowest BCUT2D eigenvalue weighted by atomic mass is 9.70. The van der Waals surface area contributed by atoms with Crippen LogP contribution in [-0.2, 0) is 11.3 Å². The number of H-pyrrole nitrogens is 1. The molecule has 0 saturated carbocycles. The molecule has 7 heteroatoms. The molecule has 3 saturated heterocycles. The molecule has 0 spiro atoms. The smallest absolute Gasteiger partial charge is 0.354 e. The number of nitrogens with zero attached hydrogens (tertiary/aromatic N) is 3. The van der Waals surface area contributed by atoms with E-state index in [4.69, 9.17) is 0 Å². The molecular formula is C20H30N4O3. The van der Waals surface area contributed by atoms with Crippen LogP contribution in [-0.4, -0.2) is 62.2 Å². The number of carbonyl (C=O) groups excluding carboxylic acids is 1. The van der Waals surface area contributed by atoms with E-state index in [1.54, 1.807) is 6.20 Å². The molecular weight excluding hydrogens is 344 g/mol. The molecule has 0 aliphatic carbocycles. The number of likely N-dealkylation sites (tertiary alicyclic amines) is 1. The van der Waals surface area contributed by atoms with Gasteiger partial charge in [0.25, 0.3) is 0 Å². The van der Waals surface area contributed by atoms with Crippen LogP contribution in [0.3, 0.4) is 0 Å². The number of amides is 1. The summed E-state index contributed by atoms with van der Waals surface area (Å²) in [5.41, 5.74) is 0.580. The van der Waals surface area contributed by atoms with Gasteiger partial charge in [0.2, 0.25) is 5.91 Å². The van der Waals surface area contributed by atoms with Gasteiger partial charge in [-0.15, -0.1) is 0 Å². The molecule has 3 aliphatic heterocycles. The van der Waals surface area contributed by atoms with Crippen LogP contribution in [0.2, 0.25) is 0 Å². The minimum Gasteiger partial charge on any atom is -0.477 e. The zero-order valence-corrected chi connectivity index (χ0v) is 16.1. The highest BCUT2D eigenvalue weighted by Gasteiger charge is 2.59. The molecule has 2 bridgehead atoms. The van der Waals surface area contributed by atoms with E-state index in [0.717, 1.165) is 51.6 Å². The van der Waals surface area contributed by atoms with Crippen LogP contribution in [0.1, 0.15) is 74.3 Å². The van der Waals surface area contributed by atoms with E-state index >= 15 is 0 Å². The van der Waals surface area contributed by atoms with Gasteiger partial charge in [0, 0.05) is 37.3 Å². The van der Waals surface area contributed by atoms with Crippen LogP contribution >= 0.6 is 0 Å². The SMILES string of the molecule is CC[C@@]1(C(=O)N2CCCCCC2)C[C@@H]2CC[C@H]1N2Cc1cn[nH]c1C(=O)O. The van der Waals surface area contributed by atoms with Gasteiger partial charge in [-0.2, -0.15) is 5.10 Å². The summed E-state index contributed by atoms with van der Waals surface area (Å²) in [5.74, 6) is -0.633. The third kappa shape index (κ3) is 3.06. The zero-order chi connectivity index (χ0) is 19.0.